The van der Waals surface area contributed by atoms with Crippen LogP contribution in [0.2, 0.25) is 0 Å². The van der Waals surface area contributed by atoms with Gasteiger partial charge in [0.2, 0.25) is 0 Å². The average Bonchev–Trinajstić information content (AvgIpc) is 2.77. The molecular formula is C28H33F. The average molecular weight is 389 g/mol. The van der Waals surface area contributed by atoms with E-state index in [4.69, 9.17) is 0 Å². The topological polar surface area (TPSA) is 0 Å². The van der Waals surface area contributed by atoms with Crippen LogP contribution >= 0.6 is 0 Å². The minimum absolute atomic E-state index is 0.165. The highest BCUT2D eigenvalue weighted by Crippen LogP contribution is 2.36. The van der Waals surface area contributed by atoms with Gasteiger partial charge in [0.1, 0.15) is 5.82 Å². The first kappa shape index (κ1) is 21.3. The Morgan fingerprint density at radius 2 is 1.24 bits per heavy atom. The molecule has 1 aliphatic rings. The van der Waals surface area contributed by atoms with Crippen LogP contribution in [0.15, 0.2) is 66.7 Å². The van der Waals surface area contributed by atoms with Crippen molar-refractivity contribution in [3.05, 3.63) is 83.7 Å². The van der Waals surface area contributed by atoms with Crippen LogP contribution in [0.3, 0.4) is 0 Å². The normalized spacial score (nSPS) is 18.7. The summed E-state index contributed by atoms with van der Waals surface area (Å²) < 4.78 is 14.7. The van der Waals surface area contributed by atoms with Crippen molar-refractivity contribution in [2.75, 3.05) is 0 Å². The van der Waals surface area contributed by atoms with Gasteiger partial charge in [-0.25, -0.2) is 4.39 Å². The first-order valence-electron chi connectivity index (χ1n) is 11.1. The van der Waals surface area contributed by atoms with Crippen LogP contribution < -0.4 is 0 Å². The molecule has 0 saturated heterocycles. The predicted molar refractivity (Wildman–Crippen MR) is 124 cm³/mol. The van der Waals surface area contributed by atoms with Gasteiger partial charge in [0, 0.05) is 5.56 Å². The maximum Gasteiger partial charge on any atom is 0.131 e. The summed E-state index contributed by atoms with van der Waals surface area (Å²) in [5.74, 6) is 1.40. The molecule has 0 N–H and O–H groups in total. The summed E-state index contributed by atoms with van der Waals surface area (Å²) in [6, 6.07) is 22.3. The van der Waals surface area contributed by atoms with E-state index in [1.165, 1.54) is 36.8 Å². The molecule has 4 rings (SSSR count). The molecular weight excluding hydrogens is 355 g/mol. The molecule has 0 bridgehead atoms. The molecule has 0 nitrogen and oxygen atoms in total. The lowest BCUT2D eigenvalue weighted by molar-refractivity contribution is 0.348. The lowest BCUT2D eigenvalue weighted by Gasteiger charge is -2.26. The first-order valence-corrected chi connectivity index (χ1v) is 11.1. The molecule has 0 aliphatic heterocycles. The number of hydrogen-bond donors (Lipinski definition) is 0. The van der Waals surface area contributed by atoms with Gasteiger partial charge in [-0.15, -0.1) is 0 Å². The Morgan fingerprint density at radius 1 is 0.690 bits per heavy atom. The van der Waals surface area contributed by atoms with Crippen molar-refractivity contribution in [1.29, 1.82) is 0 Å². The van der Waals surface area contributed by atoms with Crippen LogP contribution in [0.1, 0.15) is 63.5 Å². The highest BCUT2D eigenvalue weighted by Gasteiger charge is 2.19. The third-order valence-electron chi connectivity index (χ3n) is 6.06. The van der Waals surface area contributed by atoms with Crippen LogP contribution in [-0.2, 0) is 0 Å². The molecule has 1 fully saturated rings. The van der Waals surface area contributed by atoms with Gasteiger partial charge in [-0.2, -0.15) is 0 Å². The van der Waals surface area contributed by atoms with Gasteiger partial charge in [-0.1, -0.05) is 99.8 Å². The Kier molecular flexibility index (Phi) is 7.25. The summed E-state index contributed by atoms with van der Waals surface area (Å²) in [6.07, 6.45) is 5.25. The summed E-state index contributed by atoms with van der Waals surface area (Å²) in [6.45, 7) is 8.40. The standard InChI is InChI=1S/C26H27F.C2H6/c1-18-3-7-20(8-4-18)21-11-13-22(14-12-21)24-15-16-25(26(27)17-24)23-9-5-19(2)6-10-23;1-2/h5-6,9-18,20H,3-4,7-8H2,1-2H3;1-2H3. The Bertz CT molecular complexity index is 898. The van der Waals surface area contributed by atoms with Crippen molar-refractivity contribution in [3.63, 3.8) is 0 Å². The van der Waals surface area contributed by atoms with E-state index in [0.29, 0.717) is 11.5 Å². The summed E-state index contributed by atoms with van der Waals surface area (Å²) in [5, 5.41) is 0. The molecule has 0 radical (unpaired) electrons. The molecule has 0 spiro atoms. The van der Waals surface area contributed by atoms with Crippen LogP contribution in [0, 0.1) is 18.7 Å². The third kappa shape index (κ3) is 5.15. The van der Waals surface area contributed by atoms with E-state index < -0.39 is 0 Å². The molecule has 1 heteroatoms. The minimum atomic E-state index is -0.165. The second-order valence-electron chi connectivity index (χ2n) is 8.14. The highest BCUT2D eigenvalue weighted by molar-refractivity contribution is 5.71. The molecule has 1 saturated carbocycles. The zero-order valence-electron chi connectivity index (χ0n) is 18.2. The van der Waals surface area contributed by atoms with Gasteiger partial charge in [-0.3, -0.25) is 0 Å². The monoisotopic (exact) mass is 388 g/mol. The molecule has 1 aliphatic carbocycles. The molecule has 0 amide bonds. The maximum atomic E-state index is 14.7. The van der Waals surface area contributed by atoms with Crippen LogP contribution in [0.25, 0.3) is 22.3 Å². The first-order chi connectivity index (χ1) is 14.1. The summed E-state index contributed by atoms with van der Waals surface area (Å²) in [4.78, 5) is 0. The van der Waals surface area contributed by atoms with Gasteiger partial charge in [0.25, 0.3) is 0 Å². The second-order valence-corrected chi connectivity index (χ2v) is 8.14. The fourth-order valence-corrected chi connectivity index (χ4v) is 4.20. The lowest BCUT2D eigenvalue weighted by Crippen LogP contribution is -2.10. The SMILES string of the molecule is CC.Cc1ccc(-c2ccc(-c3ccc(C4CCC(C)CC4)cc3)cc2F)cc1. The zero-order chi connectivity index (χ0) is 20.8. The van der Waals surface area contributed by atoms with Crippen molar-refractivity contribution in [1.82, 2.24) is 0 Å². The van der Waals surface area contributed by atoms with Gasteiger partial charge in [0.05, 0.1) is 0 Å². The lowest BCUT2D eigenvalue weighted by atomic mass is 9.79. The summed E-state index contributed by atoms with van der Waals surface area (Å²) >= 11 is 0. The van der Waals surface area contributed by atoms with Gasteiger partial charge >= 0.3 is 0 Å². The quantitative estimate of drug-likeness (QED) is 0.420. The van der Waals surface area contributed by atoms with Crippen LogP contribution in [-0.4, -0.2) is 0 Å². The van der Waals surface area contributed by atoms with Crippen molar-refractivity contribution in [3.8, 4) is 22.3 Å². The van der Waals surface area contributed by atoms with E-state index in [2.05, 4.69) is 31.2 Å². The van der Waals surface area contributed by atoms with Gasteiger partial charge in [0.15, 0.2) is 0 Å². The van der Waals surface area contributed by atoms with Gasteiger partial charge in [-0.05, 0) is 59.9 Å². The minimum Gasteiger partial charge on any atom is -0.206 e. The van der Waals surface area contributed by atoms with Crippen LogP contribution in [0.5, 0.6) is 0 Å². The van der Waals surface area contributed by atoms with E-state index in [0.717, 1.165) is 22.6 Å². The molecule has 0 unspecified atom stereocenters. The van der Waals surface area contributed by atoms with Gasteiger partial charge < -0.3 is 0 Å². The third-order valence-corrected chi connectivity index (χ3v) is 6.06. The Hall–Kier alpha value is -2.41. The van der Waals surface area contributed by atoms with E-state index in [1.807, 2.05) is 57.2 Å². The van der Waals surface area contributed by atoms with Crippen molar-refractivity contribution in [2.24, 2.45) is 5.92 Å². The molecule has 0 heterocycles. The zero-order valence-corrected chi connectivity index (χ0v) is 18.2. The van der Waals surface area contributed by atoms with Crippen molar-refractivity contribution >= 4 is 0 Å². The number of rotatable bonds is 3. The summed E-state index contributed by atoms with van der Waals surface area (Å²) in [5.41, 5.74) is 6.22. The van der Waals surface area contributed by atoms with Crippen molar-refractivity contribution < 1.29 is 4.39 Å². The fraction of sp³-hybridized carbons (Fsp3) is 0.357. The second kappa shape index (κ2) is 9.87. The molecule has 29 heavy (non-hydrogen) atoms. The van der Waals surface area contributed by atoms with E-state index in [-0.39, 0.29) is 5.82 Å². The Labute approximate surface area is 175 Å². The van der Waals surface area contributed by atoms with E-state index >= 15 is 0 Å². The van der Waals surface area contributed by atoms with E-state index in [9.17, 15) is 4.39 Å². The molecule has 0 atom stereocenters. The molecule has 152 valence electrons. The fourth-order valence-electron chi connectivity index (χ4n) is 4.20. The molecule has 0 aromatic heterocycles. The molecule has 3 aromatic carbocycles. The Balaban J connectivity index is 0.00000117. The highest BCUT2D eigenvalue weighted by atomic mass is 19.1. The Morgan fingerprint density at radius 3 is 1.83 bits per heavy atom. The van der Waals surface area contributed by atoms with Crippen LogP contribution in [0.4, 0.5) is 4.39 Å². The summed E-state index contributed by atoms with van der Waals surface area (Å²) in [7, 11) is 0. The predicted octanol–water partition coefficient (Wildman–Crippen LogP) is 8.79. The number of benzene rings is 3. The van der Waals surface area contributed by atoms with E-state index in [1.54, 1.807) is 6.07 Å². The smallest absolute Gasteiger partial charge is 0.131 e. The maximum absolute atomic E-state index is 14.7. The largest absolute Gasteiger partial charge is 0.206 e. The number of aryl methyl sites for hydroxylation is 1. The number of halogens is 1. The number of hydrogen-bond acceptors (Lipinski definition) is 0. The molecule has 3 aromatic rings. The van der Waals surface area contributed by atoms with Crippen molar-refractivity contribution in [2.45, 2.75) is 59.3 Å².